The predicted molar refractivity (Wildman–Crippen MR) is 93.9 cm³/mol. The van der Waals surface area contributed by atoms with Crippen molar-refractivity contribution in [3.8, 4) is 0 Å². The number of benzene rings is 1. The van der Waals surface area contributed by atoms with Gasteiger partial charge in [0.15, 0.2) is 0 Å². The van der Waals surface area contributed by atoms with Gasteiger partial charge in [0.25, 0.3) is 0 Å². The standard InChI is InChI=1S/C18H22N2O2S/c1-12-5-8-15(10-13(12)2)20-17(21)19-11-18(22,14-6-7-14)16-4-3-9-23-16/h3-5,8-10,14,22H,6-7,11H2,1-2H3,(H2,19,20,21)/t18-/m0/s1. The van der Waals surface area contributed by atoms with Crippen molar-refractivity contribution in [2.45, 2.75) is 32.3 Å². The van der Waals surface area contributed by atoms with Crippen LogP contribution in [0.5, 0.6) is 0 Å². The number of nitrogens with one attached hydrogen (secondary N) is 2. The SMILES string of the molecule is Cc1ccc(NC(=O)NC[C@@](O)(c2cccs2)C2CC2)cc1C. The van der Waals surface area contributed by atoms with Gasteiger partial charge in [0.2, 0.25) is 0 Å². The summed E-state index contributed by atoms with van der Waals surface area (Å²) in [4.78, 5) is 13.1. The zero-order chi connectivity index (χ0) is 16.4. The maximum Gasteiger partial charge on any atom is 0.319 e. The molecule has 0 unspecified atom stereocenters. The summed E-state index contributed by atoms with van der Waals surface area (Å²) in [6.45, 7) is 4.28. The molecule has 0 bridgehead atoms. The lowest BCUT2D eigenvalue weighted by Crippen LogP contribution is -2.43. The van der Waals surface area contributed by atoms with E-state index < -0.39 is 5.60 Å². The van der Waals surface area contributed by atoms with Gasteiger partial charge in [0.05, 0.1) is 6.54 Å². The van der Waals surface area contributed by atoms with Crippen molar-refractivity contribution in [2.24, 2.45) is 5.92 Å². The Hall–Kier alpha value is -1.85. The molecule has 0 aliphatic heterocycles. The number of aliphatic hydroxyl groups is 1. The van der Waals surface area contributed by atoms with E-state index in [-0.39, 0.29) is 18.5 Å². The van der Waals surface area contributed by atoms with Crippen LogP contribution >= 0.6 is 11.3 Å². The largest absolute Gasteiger partial charge is 0.382 e. The number of urea groups is 1. The monoisotopic (exact) mass is 330 g/mol. The maximum atomic E-state index is 12.1. The van der Waals surface area contributed by atoms with E-state index in [4.69, 9.17) is 0 Å². The molecule has 1 fully saturated rings. The molecule has 1 atom stereocenters. The number of hydrogen-bond donors (Lipinski definition) is 3. The van der Waals surface area contributed by atoms with Crippen LogP contribution in [0, 0.1) is 19.8 Å². The summed E-state index contributed by atoms with van der Waals surface area (Å²) in [5.74, 6) is 0.239. The van der Waals surface area contributed by atoms with Crippen LogP contribution in [0.3, 0.4) is 0 Å². The van der Waals surface area contributed by atoms with Gasteiger partial charge in [-0.05, 0) is 67.3 Å². The molecule has 0 spiro atoms. The van der Waals surface area contributed by atoms with E-state index in [1.54, 1.807) is 0 Å². The summed E-state index contributed by atoms with van der Waals surface area (Å²) in [6, 6.07) is 9.39. The Morgan fingerprint density at radius 1 is 1.30 bits per heavy atom. The summed E-state index contributed by atoms with van der Waals surface area (Å²) < 4.78 is 0. The molecule has 1 aliphatic carbocycles. The number of carbonyl (C=O) groups is 1. The predicted octanol–water partition coefficient (Wildman–Crippen LogP) is 3.78. The molecule has 1 heterocycles. The molecular weight excluding hydrogens is 308 g/mol. The second kappa shape index (κ2) is 6.34. The molecule has 3 rings (SSSR count). The van der Waals surface area contributed by atoms with Gasteiger partial charge in [0.1, 0.15) is 5.60 Å². The highest BCUT2D eigenvalue weighted by Gasteiger charge is 2.45. The van der Waals surface area contributed by atoms with E-state index >= 15 is 0 Å². The van der Waals surface area contributed by atoms with Crippen molar-refractivity contribution in [3.05, 3.63) is 51.7 Å². The molecule has 122 valence electrons. The first-order valence-corrected chi connectivity index (χ1v) is 8.75. The Labute approximate surface area is 140 Å². The molecule has 1 aromatic heterocycles. The zero-order valence-electron chi connectivity index (χ0n) is 13.4. The molecule has 1 aliphatic rings. The minimum atomic E-state index is -0.950. The third-order valence-electron chi connectivity index (χ3n) is 4.48. The van der Waals surface area contributed by atoms with Crippen molar-refractivity contribution in [2.75, 3.05) is 11.9 Å². The molecule has 0 saturated heterocycles. The second-order valence-corrected chi connectivity index (χ2v) is 7.23. The first-order chi connectivity index (χ1) is 11.0. The van der Waals surface area contributed by atoms with E-state index in [0.717, 1.165) is 29.0 Å². The third kappa shape index (κ3) is 3.57. The lowest BCUT2D eigenvalue weighted by Gasteiger charge is -2.27. The number of rotatable bonds is 5. The lowest BCUT2D eigenvalue weighted by molar-refractivity contribution is 0.0200. The van der Waals surface area contributed by atoms with Crippen LogP contribution in [-0.2, 0) is 5.60 Å². The number of hydrogen-bond acceptors (Lipinski definition) is 3. The third-order valence-corrected chi connectivity index (χ3v) is 5.52. The van der Waals surface area contributed by atoms with Gasteiger partial charge in [-0.3, -0.25) is 0 Å². The second-order valence-electron chi connectivity index (χ2n) is 6.28. The highest BCUT2D eigenvalue weighted by Crippen LogP contribution is 2.46. The number of amides is 2. The van der Waals surface area contributed by atoms with Gasteiger partial charge in [-0.15, -0.1) is 11.3 Å². The van der Waals surface area contributed by atoms with Crippen LogP contribution in [0.15, 0.2) is 35.7 Å². The molecule has 5 heteroatoms. The van der Waals surface area contributed by atoms with Gasteiger partial charge in [0, 0.05) is 10.6 Å². The first-order valence-electron chi connectivity index (χ1n) is 7.87. The number of carbonyl (C=O) groups excluding carboxylic acids is 1. The number of aryl methyl sites for hydroxylation is 2. The molecular formula is C18H22N2O2S. The molecule has 4 nitrogen and oxygen atoms in total. The van der Waals surface area contributed by atoms with Crippen LogP contribution in [0.2, 0.25) is 0 Å². The van der Waals surface area contributed by atoms with E-state index in [9.17, 15) is 9.90 Å². The molecule has 0 radical (unpaired) electrons. The van der Waals surface area contributed by atoms with Gasteiger partial charge in [-0.1, -0.05) is 12.1 Å². The zero-order valence-corrected chi connectivity index (χ0v) is 14.2. The van der Waals surface area contributed by atoms with Crippen molar-refractivity contribution < 1.29 is 9.90 Å². The maximum absolute atomic E-state index is 12.1. The van der Waals surface area contributed by atoms with Crippen molar-refractivity contribution in [1.82, 2.24) is 5.32 Å². The average molecular weight is 330 g/mol. The Kier molecular flexibility index (Phi) is 4.41. The number of anilines is 1. The van der Waals surface area contributed by atoms with Gasteiger partial charge < -0.3 is 15.7 Å². The van der Waals surface area contributed by atoms with Crippen LogP contribution in [0.1, 0.15) is 28.8 Å². The summed E-state index contributed by atoms with van der Waals surface area (Å²) in [6.07, 6.45) is 2.02. The summed E-state index contributed by atoms with van der Waals surface area (Å²) >= 11 is 1.54. The topological polar surface area (TPSA) is 61.4 Å². The minimum Gasteiger partial charge on any atom is -0.382 e. The molecule has 23 heavy (non-hydrogen) atoms. The van der Waals surface area contributed by atoms with Crippen LogP contribution in [0.4, 0.5) is 10.5 Å². The molecule has 3 N–H and O–H groups in total. The van der Waals surface area contributed by atoms with E-state index in [2.05, 4.69) is 10.6 Å². The van der Waals surface area contributed by atoms with Gasteiger partial charge in [-0.2, -0.15) is 0 Å². The Balaban J connectivity index is 1.62. The van der Waals surface area contributed by atoms with Crippen molar-refractivity contribution >= 4 is 23.1 Å². The van der Waals surface area contributed by atoms with Gasteiger partial charge >= 0.3 is 6.03 Å². The fourth-order valence-electron chi connectivity index (χ4n) is 2.73. The summed E-state index contributed by atoms with van der Waals surface area (Å²) in [7, 11) is 0. The number of thiophene rings is 1. The summed E-state index contributed by atoms with van der Waals surface area (Å²) in [5.41, 5.74) is 2.14. The fourth-order valence-corrected chi connectivity index (χ4v) is 3.63. The van der Waals surface area contributed by atoms with Crippen LogP contribution in [-0.4, -0.2) is 17.7 Å². The van der Waals surface area contributed by atoms with E-state index in [1.807, 2.05) is 49.6 Å². The highest BCUT2D eigenvalue weighted by molar-refractivity contribution is 7.10. The van der Waals surface area contributed by atoms with Gasteiger partial charge in [-0.25, -0.2) is 4.79 Å². The molecule has 1 saturated carbocycles. The minimum absolute atomic E-state index is 0.231. The van der Waals surface area contributed by atoms with E-state index in [0.29, 0.717) is 0 Å². The van der Waals surface area contributed by atoms with Crippen LogP contribution in [0.25, 0.3) is 0 Å². The lowest BCUT2D eigenvalue weighted by atomic mass is 9.96. The fraction of sp³-hybridized carbons (Fsp3) is 0.389. The molecule has 1 aromatic carbocycles. The quantitative estimate of drug-likeness (QED) is 0.781. The molecule has 2 amide bonds. The Morgan fingerprint density at radius 2 is 2.09 bits per heavy atom. The average Bonchev–Trinajstić information content (AvgIpc) is 3.24. The van der Waals surface area contributed by atoms with E-state index in [1.165, 1.54) is 16.9 Å². The van der Waals surface area contributed by atoms with Crippen LogP contribution < -0.4 is 10.6 Å². The smallest absolute Gasteiger partial charge is 0.319 e. The Morgan fingerprint density at radius 3 is 2.70 bits per heavy atom. The summed E-state index contributed by atoms with van der Waals surface area (Å²) in [5, 5.41) is 18.6. The normalized spacial score (nSPS) is 16.7. The Bertz CT molecular complexity index is 695. The highest BCUT2D eigenvalue weighted by atomic mass is 32.1. The van der Waals surface area contributed by atoms with Crippen molar-refractivity contribution in [3.63, 3.8) is 0 Å². The first kappa shape index (κ1) is 16.0. The van der Waals surface area contributed by atoms with Crippen molar-refractivity contribution in [1.29, 1.82) is 0 Å². The molecule has 2 aromatic rings.